The van der Waals surface area contributed by atoms with E-state index in [0.29, 0.717) is 5.69 Å². The molecule has 1 unspecified atom stereocenters. The number of nitrogens with one attached hydrogen (secondary N) is 1. The van der Waals surface area contributed by atoms with Crippen molar-refractivity contribution in [3.8, 4) is 0 Å². The minimum Gasteiger partial charge on any atom is -0.396 e. The highest BCUT2D eigenvalue weighted by Crippen LogP contribution is 2.22. The van der Waals surface area contributed by atoms with Gasteiger partial charge in [0.1, 0.15) is 6.54 Å². The van der Waals surface area contributed by atoms with Crippen molar-refractivity contribution in [3.63, 3.8) is 0 Å². The lowest BCUT2D eigenvalue weighted by Crippen LogP contribution is -2.30. The second-order valence-corrected chi connectivity index (χ2v) is 5.14. The Kier molecular flexibility index (Phi) is 4.21. The van der Waals surface area contributed by atoms with Gasteiger partial charge >= 0.3 is 0 Å². The van der Waals surface area contributed by atoms with Gasteiger partial charge in [0, 0.05) is 10.7 Å². The Labute approximate surface area is 119 Å². The number of anilines is 1. The molecule has 0 aliphatic carbocycles. The second-order valence-electron chi connectivity index (χ2n) is 4.28. The Bertz CT molecular complexity index is 582. The predicted octanol–water partition coefficient (Wildman–Crippen LogP) is 2.11. The van der Waals surface area contributed by atoms with Gasteiger partial charge in [0.15, 0.2) is 0 Å². The molecule has 5 nitrogen and oxygen atoms in total. The Balaban J connectivity index is 1.97. The summed E-state index contributed by atoms with van der Waals surface area (Å²) >= 11 is 3.47. The fourth-order valence-corrected chi connectivity index (χ4v) is 2.43. The van der Waals surface area contributed by atoms with Crippen LogP contribution in [0.15, 0.2) is 41.1 Å². The van der Waals surface area contributed by atoms with Crippen molar-refractivity contribution in [2.45, 2.75) is 19.5 Å². The lowest BCUT2D eigenvalue weighted by Gasteiger charge is -2.15. The highest BCUT2D eigenvalue weighted by atomic mass is 79.9. The van der Waals surface area contributed by atoms with E-state index in [2.05, 4.69) is 26.3 Å². The molecule has 1 atom stereocenters. The smallest absolute Gasteiger partial charge is 0.242 e. The maximum Gasteiger partial charge on any atom is 0.242 e. The van der Waals surface area contributed by atoms with Crippen molar-refractivity contribution in [2.24, 2.45) is 0 Å². The largest absolute Gasteiger partial charge is 0.396 e. The van der Waals surface area contributed by atoms with Crippen molar-refractivity contribution < 1.29 is 4.79 Å². The Hall–Kier alpha value is -1.82. The molecule has 0 fully saturated rings. The number of rotatable bonds is 4. The molecule has 3 N–H and O–H groups in total. The van der Waals surface area contributed by atoms with E-state index in [4.69, 9.17) is 5.73 Å². The standard InChI is InChI=1S/C13H15BrN4O/c1-9(11-4-2-3-5-12(11)14)17-13(19)8-18-7-10(15)6-16-18/h2-7,9H,8,15H2,1H3,(H,17,19). The molecule has 0 spiro atoms. The second kappa shape index (κ2) is 5.88. The number of amides is 1. The zero-order valence-electron chi connectivity index (χ0n) is 10.5. The summed E-state index contributed by atoms with van der Waals surface area (Å²) < 4.78 is 2.49. The molecule has 19 heavy (non-hydrogen) atoms. The fraction of sp³-hybridized carbons (Fsp3) is 0.231. The first-order chi connectivity index (χ1) is 9.06. The SMILES string of the molecule is CC(NC(=O)Cn1cc(N)cn1)c1ccccc1Br. The number of carbonyl (C=O) groups excluding carboxylic acids is 1. The average molecular weight is 323 g/mol. The number of nitrogens with zero attached hydrogens (tertiary/aromatic N) is 2. The molecule has 2 rings (SSSR count). The molecular weight excluding hydrogens is 308 g/mol. The van der Waals surface area contributed by atoms with Crippen LogP contribution in [0.25, 0.3) is 0 Å². The molecule has 0 aliphatic heterocycles. The van der Waals surface area contributed by atoms with Crippen LogP contribution in [0, 0.1) is 0 Å². The molecule has 0 saturated heterocycles. The monoisotopic (exact) mass is 322 g/mol. The van der Waals surface area contributed by atoms with Gasteiger partial charge in [0.2, 0.25) is 5.91 Å². The van der Waals surface area contributed by atoms with Gasteiger partial charge in [0.05, 0.1) is 17.9 Å². The van der Waals surface area contributed by atoms with E-state index in [9.17, 15) is 4.79 Å². The summed E-state index contributed by atoms with van der Waals surface area (Å²) in [7, 11) is 0. The normalized spacial score (nSPS) is 12.1. The Morgan fingerprint density at radius 2 is 2.26 bits per heavy atom. The van der Waals surface area contributed by atoms with Crippen LogP contribution in [0.1, 0.15) is 18.5 Å². The summed E-state index contributed by atoms with van der Waals surface area (Å²) in [4.78, 5) is 11.9. The maximum atomic E-state index is 11.9. The Morgan fingerprint density at radius 1 is 1.53 bits per heavy atom. The van der Waals surface area contributed by atoms with Gasteiger partial charge < -0.3 is 11.1 Å². The molecule has 100 valence electrons. The molecular formula is C13H15BrN4O. The van der Waals surface area contributed by atoms with Crippen molar-refractivity contribution in [1.82, 2.24) is 15.1 Å². The number of nitrogens with two attached hydrogens (primary N) is 1. The number of hydrogen-bond acceptors (Lipinski definition) is 3. The van der Waals surface area contributed by atoms with Crippen LogP contribution in [0.4, 0.5) is 5.69 Å². The molecule has 2 aromatic rings. The number of halogens is 1. The van der Waals surface area contributed by atoms with E-state index in [1.54, 1.807) is 6.20 Å². The van der Waals surface area contributed by atoms with E-state index in [-0.39, 0.29) is 18.5 Å². The molecule has 0 saturated carbocycles. The van der Waals surface area contributed by atoms with Crippen LogP contribution in [0.2, 0.25) is 0 Å². The minimum atomic E-state index is -0.105. The van der Waals surface area contributed by atoms with Crippen LogP contribution < -0.4 is 11.1 Å². The van der Waals surface area contributed by atoms with Crippen LogP contribution >= 0.6 is 15.9 Å². The zero-order valence-corrected chi connectivity index (χ0v) is 12.1. The minimum absolute atomic E-state index is 0.0732. The molecule has 1 aromatic carbocycles. The van der Waals surface area contributed by atoms with Gasteiger partial charge in [-0.15, -0.1) is 0 Å². The third-order valence-electron chi connectivity index (χ3n) is 2.71. The molecule has 0 aliphatic rings. The topological polar surface area (TPSA) is 72.9 Å². The van der Waals surface area contributed by atoms with Crippen LogP contribution in [-0.4, -0.2) is 15.7 Å². The van der Waals surface area contributed by atoms with E-state index in [1.165, 1.54) is 10.9 Å². The summed E-state index contributed by atoms with van der Waals surface area (Å²) in [6, 6.07) is 7.73. The van der Waals surface area contributed by atoms with Crippen LogP contribution in [-0.2, 0) is 11.3 Å². The van der Waals surface area contributed by atoms with Gasteiger partial charge in [-0.3, -0.25) is 9.48 Å². The summed E-state index contributed by atoms with van der Waals surface area (Å²) in [5, 5.41) is 6.90. The van der Waals surface area contributed by atoms with E-state index < -0.39 is 0 Å². The number of hydrogen-bond donors (Lipinski definition) is 2. The lowest BCUT2D eigenvalue weighted by atomic mass is 10.1. The van der Waals surface area contributed by atoms with Crippen molar-refractivity contribution in [2.75, 3.05) is 5.73 Å². The molecule has 1 aromatic heterocycles. The van der Waals surface area contributed by atoms with Crippen molar-refractivity contribution in [1.29, 1.82) is 0 Å². The van der Waals surface area contributed by atoms with Crippen molar-refractivity contribution >= 4 is 27.5 Å². The van der Waals surface area contributed by atoms with Crippen molar-refractivity contribution in [3.05, 3.63) is 46.7 Å². The number of carbonyl (C=O) groups is 1. The molecule has 1 heterocycles. The van der Waals surface area contributed by atoms with E-state index in [1.807, 2.05) is 31.2 Å². The van der Waals surface area contributed by atoms with Crippen LogP contribution in [0.5, 0.6) is 0 Å². The summed E-state index contributed by atoms with van der Waals surface area (Å²) in [5.41, 5.74) is 7.13. The van der Waals surface area contributed by atoms with Gasteiger partial charge in [-0.2, -0.15) is 5.10 Å². The fourth-order valence-electron chi connectivity index (χ4n) is 1.80. The van der Waals surface area contributed by atoms with Gasteiger partial charge in [-0.05, 0) is 18.6 Å². The Morgan fingerprint density at radius 3 is 2.89 bits per heavy atom. The van der Waals surface area contributed by atoms with Gasteiger partial charge in [-0.25, -0.2) is 0 Å². The third-order valence-corrected chi connectivity index (χ3v) is 3.43. The number of benzene rings is 1. The predicted molar refractivity (Wildman–Crippen MR) is 77.3 cm³/mol. The first-order valence-electron chi connectivity index (χ1n) is 5.88. The number of nitrogen functional groups attached to an aromatic ring is 1. The number of aromatic nitrogens is 2. The van der Waals surface area contributed by atoms with Gasteiger partial charge in [-0.1, -0.05) is 34.1 Å². The molecule has 0 bridgehead atoms. The summed E-state index contributed by atoms with van der Waals surface area (Å²) in [5.74, 6) is -0.105. The highest BCUT2D eigenvalue weighted by molar-refractivity contribution is 9.10. The third kappa shape index (κ3) is 3.57. The molecule has 6 heteroatoms. The average Bonchev–Trinajstić information content (AvgIpc) is 2.74. The lowest BCUT2D eigenvalue weighted by molar-refractivity contribution is -0.122. The quantitative estimate of drug-likeness (QED) is 0.905. The highest BCUT2D eigenvalue weighted by Gasteiger charge is 2.12. The van der Waals surface area contributed by atoms with E-state index >= 15 is 0 Å². The van der Waals surface area contributed by atoms with E-state index in [0.717, 1.165) is 10.0 Å². The van der Waals surface area contributed by atoms with Gasteiger partial charge in [0.25, 0.3) is 0 Å². The molecule has 0 radical (unpaired) electrons. The molecule has 1 amide bonds. The first kappa shape index (κ1) is 13.6. The maximum absolute atomic E-state index is 11.9. The first-order valence-corrected chi connectivity index (χ1v) is 6.67. The summed E-state index contributed by atoms with van der Waals surface area (Å²) in [6.45, 7) is 2.10. The van der Waals surface area contributed by atoms with Crippen LogP contribution in [0.3, 0.4) is 0 Å². The summed E-state index contributed by atoms with van der Waals surface area (Å²) in [6.07, 6.45) is 3.15. The zero-order chi connectivity index (χ0) is 13.8.